The Morgan fingerprint density at radius 3 is 1.74 bits per heavy atom. The maximum absolute atomic E-state index is 15.0. The summed E-state index contributed by atoms with van der Waals surface area (Å²) in [6.45, 7) is 0.876. The van der Waals surface area contributed by atoms with Crippen molar-refractivity contribution in [3.8, 4) is 0 Å². The quantitative estimate of drug-likeness (QED) is 0.00507. The Morgan fingerprint density at radius 2 is 1.11 bits per heavy atom. The van der Waals surface area contributed by atoms with Crippen LogP contribution in [-0.2, 0) is 109 Å². The number of carboxylic acid groups (broad SMARTS) is 4. The molecule has 46 nitrogen and oxygen atoms in total. The maximum Gasteiger partial charge on any atom is 0.329 e. The number of amides is 14. The number of carbonyl (C=O) groups is 20. The lowest BCUT2D eigenvalue weighted by Gasteiger charge is -2.30. The first-order valence-corrected chi connectivity index (χ1v) is 39.9. The minimum atomic E-state index is -2.50. The smallest absolute Gasteiger partial charge is 0.329 e. The monoisotopic (exact) mass is 1750 g/mol. The summed E-state index contributed by atoms with van der Waals surface area (Å²) in [6.07, 6.45) is -2.84. The molecule has 1 aromatic heterocycles. The van der Waals surface area contributed by atoms with E-state index in [2.05, 4.69) is 70.4 Å². The van der Waals surface area contributed by atoms with Crippen LogP contribution in [-0.4, -0.2) is 253 Å². The molecule has 0 aliphatic carbocycles. The average molecular weight is 1760 g/mol. The number of nitro benzene ring substituents is 1. The van der Waals surface area contributed by atoms with E-state index in [1.807, 2.05) is 16.0 Å². The molecule has 4 unspecified atom stereocenters. The highest BCUT2D eigenvalue weighted by molar-refractivity contribution is 6.05. The number of aromatic amines is 1. The minimum Gasteiger partial charge on any atom is -0.481 e. The molecule has 0 saturated carbocycles. The van der Waals surface area contributed by atoms with Gasteiger partial charge in [-0.05, 0) is 69.3 Å². The number of ketones is 1. The van der Waals surface area contributed by atoms with E-state index in [0.29, 0.717) is 29.3 Å². The summed E-state index contributed by atoms with van der Waals surface area (Å²) < 4.78 is 5.72. The molecule has 1 aliphatic rings. The van der Waals surface area contributed by atoms with E-state index >= 15 is 0 Å². The van der Waals surface area contributed by atoms with E-state index in [9.17, 15) is 132 Å². The van der Waals surface area contributed by atoms with E-state index in [1.54, 1.807) is 30.5 Å². The largest absolute Gasteiger partial charge is 0.481 e. The zero-order valence-electron chi connectivity index (χ0n) is 68.8. The van der Waals surface area contributed by atoms with Crippen LogP contribution in [0.5, 0.6) is 0 Å². The number of hydrogen-bond acceptors (Lipinski definition) is 26. The van der Waals surface area contributed by atoms with E-state index < -0.39 is 266 Å². The minimum absolute atomic E-state index is 0.0337. The number of aliphatic hydroxyl groups excluding tert-OH is 1. The number of aromatic nitrogens is 1. The number of anilines is 1. The number of H-pyrrole nitrogens is 1. The lowest BCUT2D eigenvalue weighted by molar-refractivity contribution is -0.385. The number of ether oxygens (including phenoxy) is 1. The summed E-state index contributed by atoms with van der Waals surface area (Å²) in [5.41, 5.74) is 12.3. The average Bonchev–Trinajstić information content (AvgIpc) is 1.69. The van der Waals surface area contributed by atoms with Crippen LogP contribution in [0.3, 0.4) is 0 Å². The molecule has 13 atom stereocenters. The highest BCUT2D eigenvalue weighted by Crippen LogP contribution is 2.23. The number of fused-ring (bicyclic) bond motifs is 1. The number of aliphatic carboxylic acids is 4. The number of esters is 1. The predicted octanol–water partition coefficient (Wildman–Crippen LogP) is -3.88. The molecule has 14 amide bonds. The number of benzene rings is 3. The number of carboxylic acids is 4. The second-order valence-corrected chi connectivity index (χ2v) is 29.5. The number of nitrogen functional groups attached to an aromatic ring is 1. The number of aliphatic hydroxyl groups is 1. The van der Waals surface area contributed by atoms with Crippen molar-refractivity contribution in [1.82, 2.24) is 79.4 Å². The van der Waals surface area contributed by atoms with E-state index in [4.69, 9.17) is 16.2 Å². The van der Waals surface area contributed by atoms with Crippen LogP contribution in [0.4, 0.5) is 11.4 Å². The number of para-hydroxylation sites is 3. The molecule has 4 aromatic rings. The number of hydrogen-bond donors (Lipinski definition) is 22. The number of cyclic esters (lactones) is 1. The summed E-state index contributed by atoms with van der Waals surface area (Å²) in [5.74, 6) is -30.3. The number of nitrogens with zero attached hydrogens (tertiary/aromatic N) is 1. The molecular formula is C79H106N18O28. The summed E-state index contributed by atoms with van der Waals surface area (Å²) in [5, 5.41) is 93.9. The van der Waals surface area contributed by atoms with Gasteiger partial charge in [-0.1, -0.05) is 101 Å². The first-order chi connectivity index (χ1) is 59.2. The normalized spacial score (nSPS) is 20.4. The molecule has 1 aliphatic heterocycles. The number of carbonyl (C=O) groups excluding carboxylic acids is 16. The maximum atomic E-state index is 15.0. The second-order valence-electron chi connectivity index (χ2n) is 29.5. The zero-order chi connectivity index (χ0) is 92.7. The van der Waals surface area contributed by atoms with Crippen molar-refractivity contribution < 1.29 is 131 Å². The van der Waals surface area contributed by atoms with Crippen molar-refractivity contribution in [2.45, 2.75) is 216 Å². The van der Waals surface area contributed by atoms with Gasteiger partial charge in [-0.2, -0.15) is 0 Å². The van der Waals surface area contributed by atoms with Crippen molar-refractivity contribution in [3.05, 3.63) is 106 Å². The van der Waals surface area contributed by atoms with Gasteiger partial charge in [-0.15, -0.1) is 0 Å². The highest BCUT2D eigenvalue weighted by Gasteiger charge is 2.41. The Labute approximate surface area is 713 Å². The van der Waals surface area contributed by atoms with Gasteiger partial charge in [0.15, 0.2) is 5.78 Å². The van der Waals surface area contributed by atoms with Crippen molar-refractivity contribution in [2.75, 3.05) is 32.0 Å². The van der Waals surface area contributed by atoms with Gasteiger partial charge in [0, 0.05) is 65.8 Å². The van der Waals surface area contributed by atoms with Crippen LogP contribution in [0.1, 0.15) is 152 Å². The SMILES string of the molecule is CCCCCCCCCC(=O)N[C@@H](Cc1c[nH]c2ccccc12)C(=O)N[C@@H](CC(N)=O)C(=O)N[C@@H](CC(=O)O)C(=O)NC1C(=O)NCC(=O)N[C@@H](CCCNCc2ccccc2[N+](=O)[O-])C(=O)NC(CC(=O)O)C(=O)N[C@H](C)C(=O)N[C@@H](CC(=O)O)C(=O)NCC(=O)N[C@H](CO)C(=O)NC([C@H](C)CC(=O)O)C(=O)N[C@@H](CC(=O)c2ccccc2N)C(=O)OC1C. The van der Waals surface area contributed by atoms with Crippen LogP contribution >= 0.6 is 0 Å². The van der Waals surface area contributed by atoms with Gasteiger partial charge in [-0.25, -0.2) is 4.79 Å². The van der Waals surface area contributed by atoms with Crippen LogP contribution in [0.25, 0.3) is 10.9 Å². The van der Waals surface area contributed by atoms with Gasteiger partial charge in [0.25, 0.3) is 5.69 Å². The molecule has 5 rings (SSSR count). The molecule has 1 fully saturated rings. The third-order valence-electron chi connectivity index (χ3n) is 19.5. The number of Topliss-reactive ketones (excluding diaryl/α,β-unsaturated/α-hetero) is 1. The third-order valence-corrected chi connectivity index (χ3v) is 19.5. The summed E-state index contributed by atoms with van der Waals surface area (Å²) in [4.78, 5) is 290. The molecule has 46 heteroatoms. The van der Waals surface area contributed by atoms with Gasteiger partial charge < -0.3 is 121 Å². The number of nitro groups is 1. The fourth-order valence-corrected chi connectivity index (χ4v) is 12.9. The van der Waals surface area contributed by atoms with E-state index in [1.165, 1.54) is 48.5 Å². The van der Waals surface area contributed by atoms with Crippen LogP contribution in [0.2, 0.25) is 0 Å². The van der Waals surface area contributed by atoms with E-state index in [-0.39, 0.29) is 54.9 Å². The van der Waals surface area contributed by atoms with Crippen LogP contribution < -0.4 is 85.9 Å². The van der Waals surface area contributed by atoms with Gasteiger partial charge in [0.05, 0.1) is 56.7 Å². The highest BCUT2D eigenvalue weighted by atomic mass is 16.6. The van der Waals surface area contributed by atoms with Crippen LogP contribution in [0.15, 0.2) is 79.0 Å². The molecule has 2 heterocycles. The number of primary amides is 1. The van der Waals surface area contributed by atoms with Crippen molar-refractivity contribution in [1.29, 1.82) is 0 Å². The van der Waals surface area contributed by atoms with Crippen molar-refractivity contribution >= 4 is 141 Å². The Hall–Kier alpha value is -14.1. The third kappa shape index (κ3) is 34.4. The first kappa shape index (κ1) is 101. The lowest BCUT2D eigenvalue weighted by Crippen LogP contribution is -2.62. The first-order valence-electron chi connectivity index (χ1n) is 39.9. The molecule has 0 spiro atoms. The molecule has 680 valence electrons. The Balaban J connectivity index is 1.64. The summed E-state index contributed by atoms with van der Waals surface area (Å²) >= 11 is 0. The van der Waals surface area contributed by atoms with Gasteiger partial charge in [0.1, 0.15) is 72.6 Å². The molecule has 0 bridgehead atoms. The van der Waals surface area contributed by atoms with Crippen molar-refractivity contribution in [3.63, 3.8) is 0 Å². The fourth-order valence-electron chi connectivity index (χ4n) is 12.9. The Bertz CT molecular complexity index is 4600. The summed E-state index contributed by atoms with van der Waals surface area (Å²) in [6, 6.07) is -5.54. The summed E-state index contributed by atoms with van der Waals surface area (Å²) in [7, 11) is 0. The van der Waals surface area contributed by atoms with Crippen molar-refractivity contribution in [2.24, 2.45) is 11.7 Å². The number of nitrogens with one attached hydrogen (secondary N) is 15. The van der Waals surface area contributed by atoms with Gasteiger partial charge in [-0.3, -0.25) is 101 Å². The Morgan fingerprint density at radius 1 is 0.560 bits per heavy atom. The molecule has 3 aromatic carbocycles. The van der Waals surface area contributed by atoms with Gasteiger partial charge >= 0.3 is 29.8 Å². The second kappa shape index (κ2) is 51.0. The fraction of sp³-hybridized carbons (Fsp3) is 0.494. The predicted molar refractivity (Wildman–Crippen MR) is 436 cm³/mol. The van der Waals surface area contributed by atoms with Crippen LogP contribution in [0, 0.1) is 16.0 Å². The van der Waals surface area contributed by atoms with E-state index in [0.717, 1.165) is 52.9 Å². The number of rotatable bonds is 39. The Kier molecular flexibility index (Phi) is 41.4. The molecule has 125 heavy (non-hydrogen) atoms. The topological polar surface area (TPSA) is 731 Å². The molecular weight excluding hydrogens is 1650 g/mol. The molecule has 24 N–H and O–H groups in total. The zero-order valence-corrected chi connectivity index (χ0v) is 68.8. The standard InChI is InChI=1S/C79H106N18O28/c1-5-6-7-8-9-10-11-26-60(101)88-50(29-44-36-83-48-23-16-14-20-45(44)48)73(116)91-51(31-59(81)100)74(117)93-54(34-66(110)111)75(118)96-68-42(4)125-79(122)55(30-58(99)46-21-13-15-22-47(46)80)94-78(121)67(40(2)28-63(104)105)95-76(119)56(39-98)89-62(103)37-84-70(113)52(32-64(106)107)90-69(112)41(3)86-72(115)53(33-65(108)109)92-71(114)49(87-61(102)38-85-77(68)120)24-18-27-82-35-43-19-12-17-25-57(43)97(123)124/h12-17,19-23,25,36,40-42,49-56,67-68,82-83,98H,5-11,18,24,26-35,37-39,80H2,1-4H3,(H2,81,100)(H,84,113)(H,85,120)(H,86,115)(H,87,102)(H,88,101)(H,89,103)(H,90,112)(H,91,116)(H,92,114)(H,93,117)(H,94,121)(H,95,119)(H,96,118)(H,104,105)(H,106,107)(H,108,109)(H,110,111)/t40-,41-,42?,49+,50+,51+,52+,53?,54+,55+,56-,67?,68?/m1/s1. The molecule has 0 radical (unpaired) electrons. The number of unbranched alkanes of at least 4 members (excludes halogenated alkanes) is 6. The lowest BCUT2D eigenvalue weighted by atomic mass is 9.96. The molecule has 1 saturated heterocycles. The van der Waals surface area contributed by atoms with Gasteiger partial charge in [0.2, 0.25) is 82.7 Å². The number of nitrogens with two attached hydrogens (primary N) is 2.